The normalized spacial score (nSPS) is 29.3. The van der Waals surface area contributed by atoms with Gasteiger partial charge in [0.15, 0.2) is 0 Å². The van der Waals surface area contributed by atoms with Crippen LogP contribution in [0.25, 0.3) is 0 Å². The summed E-state index contributed by atoms with van der Waals surface area (Å²) in [4.78, 5) is 14.9. The van der Waals surface area contributed by atoms with Crippen molar-refractivity contribution in [2.75, 3.05) is 32.8 Å². The highest BCUT2D eigenvalue weighted by Crippen LogP contribution is 2.27. The number of ether oxygens (including phenoxy) is 1. The van der Waals surface area contributed by atoms with Crippen LogP contribution in [0.15, 0.2) is 0 Å². The van der Waals surface area contributed by atoms with E-state index < -0.39 is 6.04 Å². The van der Waals surface area contributed by atoms with Gasteiger partial charge in [0.25, 0.3) is 0 Å². The maximum Gasteiger partial charge on any atom is 0.237 e. The van der Waals surface area contributed by atoms with E-state index in [0.29, 0.717) is 6.54 Å². The Morgan fingerprint density at radius 3 is 2.39 bits per heavy atom. The van der Waals surface area contributed by atoms with Crippen molar-refractivity contribution in [3.05, 3.63) is 0 Å². The average Bonchev–Trinajstić information content (AvgIpc) is 2.52. The largest absolute Gasteiger partial charge is 0.381 e. The minimum Gasteiger partial charge on any atom is -0.381 e. The molecule has 0 aromatic carbocycles. The molecule has 3 unspecified atom stereocenters. The minimum absolute atomic E-state index is 0.0110. The Kier molecular flexibility index (Phi) is 6.46. The van der Waals surface area contributed by atoms with Crippen molar-refractivity contribution in [2.45, 2.75) is 58.5 Å². The fourth-order valence-corrected chi connectivity index (χ4v) is 3.98. The summed E-state index contributed by atoms with van der Waals surface area (Å²) in [6.45, 7) is 13.4. The predicted molar refractivity (Wildman–Crippen MR) is 93.1 cm³/mol. The number of carbonyl (C=O) groups is 1. The second kappa shape index (κ2) is 7.95. The molecule has 0 bridgehead atoms. The third-order valence-corrected chi connectivity index (χ3v) is 5.50. The highest BCUT2D eigenvalue weighted by atomic mass is 16.5. The van der Waals surface area contributed by atoms with Crippen molar-refractivity contribution in [1.29, 1.82) is 0 Å². The Morgan fingerprint density at radius 2 is 1.83 bits per heavy atom. The zero-order valence-corrected chi connectivity index (χ0v) is 15.3. The Balaban J connectivity index is 1.84. The summed E-state index contributed by atoms with van der Waals surface area (Å²) in [5.74, 6) is 1.68. The number of nitrogens with zero attached hydrogens (tertiary/aromatic N) is 1. The van der Waals surface area contributed by atoms with E-state index in [4.69, 9.17) is 10.5 Å². The first-order valence-electron chi connectivity index (χ1n) is 9.15. The second-order valence-electron chi connectivity index (χ2n) is 8.36. The molecule has 3 atom stereocenters. The number of hydrogen-bond donors (Lipinski definition) is 2. The summed E-state index contributed by atoms with van der Waals surface area (Å²) >= 11 is 0. The molecule has 5 nitrogen and oxygen atoms in total. The summed E-state index contributed by atoms with van der Waals surface area (Å²) in [7, 11) is 0. The van der Waals surface area contributed by atoms with Gasteiger partial charge >= 0.3 is 0 Å². The zero-order valence-electron chi connectivity index (χ0n) is 15.3. The van der Waals surface area contributed by atoms with Crippen LogP contribution in [0, 0.1) is 17.8 Å². The zero-order chi connectivity index (χ0) is 17.0. The molecule has 0 aliphatic carbocycles. The highest BCUT2D eigenvalue weighted by molar-refractivity contribution is 5.81. The molecule has 0 aromatic heterocycles. The van der Waals surface area contributed by atoms with E-state index in [2.05, 4.69) is 37.9 Å². The van der Waals surface area contributed by atoms with Gasteiger partial charge in [-0.1, -0.05) is 13.8 Å². The molecule has 0 radical (unpaired) electrons. The maximum atomic E-state index is 12.4. The number of nitrogens with two attached hydrogens (primary N) is 1. The van der Waals surface area contributed by atoms with Gasteiger partial charge in [0, 0.05) is 38.4 Å². The lowest BCUT2D eigenvalue weighted by atomic mass is 9.87. The average molecular weight is 325 g/mol. The van der Waals surface area contributed by atoms with Gasteiger partial charge in [0.1, 0.15) is 0 Å². The molecule has 2 saturated heterocycles. The van der Waals surface area contributed by atoms with Crippen molar-refractivity contribution in [1.82, 2.24) is 10.2 Å². The molecular formula is C18H35N3O2. The Bertz CT molecular complexity index is 384. The van der Waals surface area contributed by atoms with E-state index in [1.807, 2.05) is 0 Å². The molecule has 0 spiro atoms. The molecule has 0 aromatic rings. The monoisotopic (exact) mass is 325 g/mol. The first-order chi connectivity index (χ1) is 10.8. The molecule has 23 heavy (non-hydrogen) atoms. The molecule has 5 heteroatoms. The SMILES string of the molecule is CC1CC(C)CN(C(C)(C)CNC(=O)C(N)C2CCOCC2)C1. The maximum absolute atomic E-state index is 12.4. The van der Waals surface area contributed by atoms with E-state index in [1.54, 1.807) is 0 Å². The topological polar surface area (TPSA) is 67.6 Å². The van der Waals surface area contributed by atoms with Crippen LogP contribution >= 0.6 is 0 Å². The van der Waals surface area contributed by atoms with Crippen LogP contribution < -0.4 is 11.1 Å². The van der Waals surface area contributed by atoms with Crippen molar-refractivity contribution >= 4 is 5.91 Å². The van der Waals surface area contributed by atoms with Gasteiger partial charge in [0.05, 0.1) is 6.04 Å². The summed E-state index contributed by atoms with van der Waals surface area (Å²) in [6.07, 6.45) is 3.08. The fraction of sp³-hybridized carbons (Fsp3) is 0.944. The summed E-state index contributed by atoms with van der Waals surface area (Å²) in [5.41, 5.74) is 6.13. The number of hydrogen-bond acceptors (Lipinski definition) is 4. The summed E-state index contributed by atoms with van der Waals surface area (Å²) in [5, 5.41) is 3.10. The molecular weight excluding hydrogens is 290 g/mol. The molecule has 134 valence electrons. The van der Waals surface area contributed by atoms with Gasteiger partial charge in [-0.15, -0.1) is 0 Å². The van der Waals surface area contributed by atoms with Crippen LogP contribution in [0.3, 0.4) is 0 Å². The van der Waals surface area contributed by atoms with E-state index in [-0.39, 0.29) is 17.4 Å². The lowest BCUT2D eigenvalue weighted by Crippen LogP contribution is -2.58. The van der Waals surface area contributed by atoms with Crippen molar-refractivity contribution in [3.8, 4) is 0 Å². The number of amides is 1. The highest BCUT2D eigenvalue weighted by Gasteiger charge is 2.34. The van der Waals surface area contributed by atoms with E-state index in [9.17, 15) is 4.79 Å². The van der Waals surface area contributed by atoms with Gasteiger partial charge in [0.2, 0.25) is 5.91 Å². The summed E-state index contributed by atoms with van der Waals surface area (Å²) in [6, 6.07) is -0.408. The third-order valence-electron chi connectivity index (χ3n) is 5.50. The van der Waals surface area contributed by atoms with Gasteiger partial charge in [-0.3, -0.25) is 9.69 Å². The van der Waals surface area contributed by atoms with E-state index in [0.717, 1.165) is 51.0 Å². The van der Waals surface area contributed by atoms with E-state index in [1.165, 1.54) is 6.42 Å². The van der Waals surface area contributed by atoms with E-state index >= 15 is 0 Å². The first-order valence-corrected chi connectivity index (χ1v) is 9.15. The molecule has 2 rings (SSSR count). The Hall–Kier alpha value is -0.650. The number of nitrogens with one attached hydrogen (secondary N) is 1. The summed E-state index contributed by atoms with van der Waals surface area (Å²) < 4.78 is 5.35. The van der Waals surface area contributed by atoms with Crippen LogP contribution in [-0.2, 0) is 9.53 Å². The van der Waals surface area contributed by atoms with Crippen molar-refractivity contribution < 1.29 is 9.53 Å². The lowest BCUT2D eigenvalue weighted by molar-refractivity contribution is -0.125. The Labute approximate surface area is 141 Å². The number of rotatable bonds is 5. The van der Waals surface area contributed by atoms with Crippen molar-refractivity contribution in [2.24, 2.45) is 23.5 Å². The quantitative estimate of drug-likeness (QED) is 0.806. The number of carbonyl (C=O) groups excluding carboxylic acids is 1. The molecule has 3 N–H and O–H groups in total. The minimum atomic E-state index is -0.408. The van der Waals surface area contributed by atoms with Gasteiger partial charge in [-0.25, -0.2) is 0 Å². The van der Waals surface area contributed by atoms with Crippen LogP contribution in [0.4, 0.5) is 0 Å². The fourth-order valence-electron chi connectivity index (χ4n) is 3.98. The third kappa shape index (κ3) is 5.16. The number of piperidine rings is 1. The van der Waals surface area contributed by atoms with Gasteiger partial charge in [-0.2, -0.15) is 0 Å². The van der Waals surface area contributed by atoms with Crippen LogP contribution in [0.5, 0.6) is 0 Å². The van der Waals surface area contributed by atoms with Crippen molar-refractivity contribution in [3.63, 3.8) is 0 Å². The second-order valence-corrected chi connectivity index (χ2v) is 8.36. The predicted octanol–water partition coefficient (Wildman–Crippen LogP) is 1.61. The lowest BCUT2D eigenvalue weighted by Gasteiger charge is -2.45. The molecule has 2 heterocycles. The molecule has 2 fully saturated rings. The van der Waals surface area contributed by atoms with Crippen LogP contribution in [0.2, 0.25) is 0 Å². The molecule has 2 aliphatic heterocycles. The van der Waals surface area contributed by atoms with Gasteiger partial charge < -0.3 is 15.8 Å². The molecule has 1 amide bonds. The first kappa shape index (κ1) is 18.7. The molecule has 2 aliphatic rings. The Morgan fingerprint density at radius 1 is 1.26 bits per heavy atom. The van der Waals surface area contributed by atoms with Gasteiger partial charge in [-0.05, 0) is 50.9 Å². The number of likely N-dealkylation sites (tertiary alicyclic amines) is 1. The molecule has 0 saturated carbocycles. The standard InChI is InChI=1S/C18H35N3O2/c1-13-9-14(2)11-21(10-13)18(3,4)12-20-17(22)16(19)15-5-7-23-8-6-15/h13-16H,5-12,19H2,1-4H3,(H,20,22). The smallest absolute Gasteiger partial charge is 0.237 e. The van der Waals surface area contributed by atoms with Crippen LogP contribution in [0.1, 0.15) is 47.0 Å². The van der Waals surface area contributed by atoms with Crippen LogP contribution in [-0.4, -0.2) is 55.2 Å².